The van der Waals surface area contributed by atoms with Gasteiger partial charge in [-0.15, -0.1) is 0 Å². The highest BCUT2D eigenvalue weighted by molar-refractivity contribution is 5.20. The van der Waals surface area contributed by atoms with Gasteiger partial charge in [-0.2, -0.15) is 4.98 Å². The van der Waals surface area contributed by atoms with Gasteiger partial charge in [0.05, 0.1) is 6.61 Å². The molecule has 1 saturated heterocycles. The van der Waals surface area contributed by atoms with Crippen molar-refractivity contribution in [1.82, 2.24) is 10.1 Å². The van der Waals surface area contributed by atoms with Crippen molar-refractivity contribution in [2.24, 2.45) is 5.73 Å². The van der Waals surface area contributed by atoms with E-state index in [4.69, 9.17) is 15.0 Å². The van der Waals surface area contributed by atoms with Crippen LogP contribution in [0.25, 0.3) is 0 Å². The summed E-state index contributed by atoms with van der Waals surface area (Å²) in [6, 6.07) is 6.21. The van der Waals surface area contributed by atoms with Crippen molar-refractivity contribution in [1.29, 1.82) is 0 Å². The van der Waals surface area contributed by atoms with Gasteiger partial charge in [-0.1, -0.05) is 17.3 Å². The molecule has 3 rings (SSSR count). The summed E-state index contributed by atoms with van der Waals surface area (Å²) in [5, 5.41) is 3.91. The molecular formula is C13H14FN3O2. The highest BCUT2D eigenvalue weighted by Crippen LogP contribution is 2.26. The molecule has 1 aliphatic rings. The van der Waals surface area contributed by atoms with Crippen molar-refractivity contribution < 1.29 is 13.7 Å². The molecule has 0 spiro atoms. The molecule has 2 aromatic rings. The molecule has 19 heavy (non-hydrogen) atoms. The molecule has 0 aliphatic carbocycles. The summed E-state index contributed by atoms with van der Waals surface area (Å²) in [4.78, 5) is 4.31. The molecule has 1 aromatic heterocycles. The average molecular weight is 263 g/mol. The Morgan fingerprint density at radius 3 is 2.79 bits per heavy atom. The Balaban J connectivity index is 1.76. The van der Waals surface area contributed by atoms with Crippen LogP contribution in [-0.2, 0) is 16.7 Å². The summed E-state index contributed by atoms with van der Waals surface area (Å²) < 4.78 is 23.3. The second-order valence-corrected chi connectivity index (χ2v) is 4.78. The predicted molar refractivity (Wildman–Crippen MR) is 64.8 cm³/mol. The molecular weight excluding hydrogens is 249 g/mol. The van der Waals surface area contributed by atoms with Crippen molar-refractivity contribution in [3.63, 3.8) is 0 Å². The third-order valence-electron chi connectivity index (χ3n) is 3.22. The van der Waals surface area contributed by atoms with Gasteiger partial charge >= 0.3 is 0 Å². The van der Waals surface area contributed by atoms with Gasteiger partial charge in [-0.25, -0.2) is 4.39 Å². The maximum absolute atomic E-state index is 12.8. The number of aromatic nitrogens is 2. The van der Waals surface area contributed by atoms with E-state index in [1.165, 1.54) is 12.1 Å². The SMILES string of the molecule is NC1(c2nc(Cc3ccc(F)cc3)no2)CCOC1. The first-order valence-corrected chi connectivity index (χ1v) is 6.10. The fraction of sp³-hybridized carbons (Fsp3) is 0.385. The standard InChI is InChI=1S/C13H14FN3O2/c14-10-3-1-9(2-4-10)7-11-16-12(19-17-11)13(15)5-6-18-8-13/h1-4H,5-8,15H2. The molecule has 1 fully saturated rings. The van der Waals surface area contributed by atoms with E-state index in [-0.39, 0.29) is 5.82 Å². The van der Waals surface area contributed by atoms with E-state index in [9.17, 15) is 4.39 Å². The Kier molecular flexibility index (Phi) is 3.04. The number of hydrogen-bond donors (Lipinski definition) is 1. The van der Waals surface area contributed by atoms with Gasteiger partial charge in [0.1, 0.15) is 11.4 Å². The highest BCUT2D eigenvalue weighted by atomic mass is 19.1. The Labute approximate surface area is 109 Å². The second kappa shape index (κ2) is 4.71. The third kappa shape index (κ3) is 2.50. The Hall–Kier alpha value is -1.79. The first-order chi connectivity index (χ1) is 9.16. The summed E-state index contributed by atoms with van der Waals surface area (Å²) in [5.74, 6) is 0.682. The minimum absolute atomic E-state index is 0.262. The number of halogens is 1. The molecule has 1 atom stereocenters. The normalized spacial score (nSPS) is 22.8. The van der Waals surface area contributed by atoms with Crippen LogP contribution in [0.2, 0.25) is 0 Å². The van der Waals surface area contributed by atoms with E-state index >= 15 is 0 Å². The van der Waals surface area contributed by atoms with Crippen molar-refractivity contribution in [2.75, 3.05) is 13.2 Å². The molecule has 100 valence electrons. The van der Waals surface area contributed by atoms with E-state index in [0.29, 0.717) is 37.8 Å². The first kappa shape index (κ1) is 12.3. The van der Waals surface area contributed by atoms with Crippen molar-refractivity contribution in [3.8, 4) is 0 Å². The smallest absolute Gasteiger partial charge is 0.249 e. The van der Waals surface area contributed by atoms with Gasteiger partial charge in [-0.3, -0.25) is 0 Å². The first-order valence-electron chi connectivity index (χ1n) is 6.10. The summed E-state index contributed by atoms with van der Waals surface area (Å²) in [6.07, 6.45) is 1.16. The maximum Gasteiger partial charge on any atom is 0.249 e. The van der Waals surface area contributed by atoms with Gasteiger partial charge < -0.3 is 15.0 Å². The fourth-order valence-corrected chi connectivity index (χ4v) is 2.06. The zero-order valence-electron chi connectivity index (χ0n) is 10.3. The Morgan fingerprint density at radius 2 is 2.11 bits per heavy atom. The zero-order valence-corrected chi connectivity index (χ0v) is 10.3. The van der Waals surface area contributed by atoms with Crippen LogP contribution in [0.3, 0.4) is 0 Å². The van der Waals surface area contributed by atoms with Crippen LogP contribution < -0.4 is 5.73 Å². The predicted octanol–water partition coefficient (Wildman–Crippen LogP) is 1.37. The lowest BCUT2D eigenvalue weighted by Gasteiger charge is -2.14. The number of ether oxygens (including phenoxy) is 1. The lowest BCUT2D eigenvalue weighted by atomic mass is 10.0. The molecule has 1 aromatic carbocycles. The van der Waals surface area contributed by atoms with Crippen LogP contribution in [0.1, 0.15) is 23.7 Å². The van der Waals surface area contributed by atoms with Gasteiger partial charge in [0.15, 0.2) is 5.82 Å². The van der Waals surface area contributed by atoms with Crippen LogP contribution >= 0.6 is 0 Å². The lowest BCUT2D eigenvalue weighted by Crippen LogP contribution is -2.37. The van der Waals surface area contributed by atoms with Crippen molar-refractivity contribution in [3.05, 3.63) is 47.4 Å². The highest BCUT2D eigenvalue weighted by Gasteiger charge is 2.38. The van der Waals surface area contributed by atoms with E-state index in [2.05, 4.69) is 10.1 Å². The summed E-state index contributed by atoms with van der Waals surface area (Å²) in [7, 11) is 0. The van der Waals surface area contributed by atoms with E-state index in [0.717, 1.165) is 5.56 Å². The summed E-state index contributed by atoms with van der Waals surface area (Å²) >= 11 is 0. The number of rotatable bonds is 3. The minimum Gasteiger partial charge on any atom is -0.379 e. The molecule has 1 aliphatic heterocycles. The monoisotopic (exact) mass is 263 g/mol. The van der Waals surface area contributed by atoms with Crippen LogP contribution in [0.15, 0.2) is 28.8 Å². The third-order valence-corrected chi connectivity index (χ3v) is 3.22. The maximum atomic E-state index is 12.8. The zero-order chi connectivity index (χ0) is 13.3. The van der Waals surface area contributed by atoms with Crippen molar-refractivity contribution in [2.45, 2.75) is 18.4 Å². The molecule has 0 amide bonds. The number of nitrogens with zero attached hydrogens (tertiary/aromatic N) is 2. The Bertz CT molecular complexity index is 562. The Morgan fingerprint density at radius 1 is 1.32 bits per heavy atom. The molecule has 2 heterocycles. The minimum atomic E-state index is -0.673. The topological polar surface area (TPSA) is 74.2 Å². The van der Waals surface area contributed by atoms with E-state index < -0.39 is 5.54 Å². The molecule has 0 bridgehead atoms. The van der Waals surface area contributed by atoms with Gasteiger partial charge in [0.25, 0.3) is 0 Å². The van der Waals surface area contributed by atoms with Gasteiger partial charge in [0.2, 0.25) is 5.89 Å². The average Bonchev–Trinajstić information content (AvgIpc) is 3.02. The number of hydrogen-bond acceptors (Lipinski definition) is 5. The fourth-order valence-electron chi connectivity index (χ4n) is 2.06. The van der Waals surface area contributed by atoms with Crippen molar-refractivity contribution >= 4 is 0 Å². The largest absolute Gasteiger partial charge is 0.379 e. The summed E-state index contributed by atoms with van der Waals surface area (Å²) in [6.45, 7) is 0.997. The quantitative estimate of drug-likeness (QED) is 0.905. The molecule has 0 saturated carbocycles. The number of benzene rings is 1. The van der Waals surface area contributed by atoms with Crippen LogP contribution in [0, 0.1) is 5.82 Å². The molecule has 5 nitrogen and oxygen atoms in total. The van der Waals surface area contributed by atoms with Crippen LogP contribution in [-0.4, -0.2) is 23.4 Å². The molecule has 0 radical (unpaired) electrons. The second-order valence-electron chi connectivity index (χ2n) is 4.78. The van der Waals surface area contributed by atoms with Gasteiger partial charge in [0, 0.05) is 13.0 Å². The molecule has 1 unspecified atom stereocenters. The van der Waals surface area contributed by atoms with E-state index in [1.807, 2.05) is 0 Å². The van der Waals surface area contributed by atoms with Crippen LogP contribution in [0.5, 0.6) is 0 Å². The van der Waals surface area contributed by atoms with Crippen LogP contribution in [0.4, 0.5) is 4.39 Å². The molecule has 2 N–H and O–H groups in total. The lowest BCUT2D eigenvalue weighted by molar-refractivity contribution is 0.166. The summed E-state index contributed by atoms with van der Waals surface area (Å²) in [5.41, 5.74) is 6.38. The molecule has 6 heteroatoms. The van der Waals surface area contributed by atoms with Gasteiger partial charge in [-0.05, 0) is 24.1 Å². The number of nitrogens with two attached hydrogens (primary N) is 1. The van der Waals surface area contributed by atoms with E-state index in [1.54, 1.807) is 12.1 Å².